The normalized spacial score (nSPS) is 12.1. The molecule has 132 valence electrons. The molecule has 0 saturated heterocycles. The van der Waals surface area contributed by atoms with Crippen molar-refractivity contribution in [3.05, 3.63) is 58.1 Å². The van der Waals surface area contributed by atoms with Crippen molar-refractivity contribution >= 4 is 45.4 Å². The molecule has 2 heterocycles. The number of hydrogen-bond acceptors (Lipinski definition) is 6. The van der Waals surface area contributed by atoms with Crippen molar-refractivity contribution in [2.75, 3.05) is 17.4 Å². The molecular weight excluding hydrogens is 374 g/mol. The number of halogens is 1. The molecule has 3 aromatic rings. The number of fused-ring (bicyclic) bond motifs is 1. The van der Waals surface area contributed by atoms with E-state index in [-0.39, 0.29) is 12.7 Å². The van der Waals surface area contributed by atoms with Gasteiger partial charge in [-0.15, -0.1) is 11.3 Å². The van der Waals surface area contributed by atoms with E-state index in [0.29, 0.717) is 33.0 Å². The van der Waals surface area contributed by atoms with Gasteiger partial charge < -0.3 is 20.1 Å². The molecule has 0 bridgehead atoms. The highest BCUT2D eigenvalue weighted by molar-refractivity contribution is 7.14. The summed E-state index contributed by atoms with van der Waals surface area (Å²) < 4.78 is 10.6. The van der Waals surface area contributed by atoms with Gasteiger partial charge in [-0.3, -0.25) is 4.79 Å². The van der Waals surface area contributed by atoms with Crippen LogP contribution in [0.15, 0.2) is 41.8 Å². The second-order valence-corrected chi connectivity index (χ2v) is 6.91. The topological polar surface area (TPSA) is 72.5 Å². The van der Waals surface area contributed by atoms with Crippen molar-refractivity contribution in [2.45, 2.75) is 6.92 Å². The molecule has 0 spiro atoms. The molecule has 1 aromatic heterocycles. The quantitative estimate of drug-likeness (QED) is 0.670. The molecule has 0 radical (unpaired) electrons. The molecule has 1 amide bonds. The molecule has 0 unspecified atom stereocenters. The predicted molar refractivity (Wildman–Crippen MR) is 102 cm³/mol. The van der Waals surface area contributed by atoms with E-state index in [4.69, 9.17) is 21.1 Å². The molecule has 26 heavy (non-hydrogen) atoms. The van der Waals surface area contributed by atoms with Crippen molar-refractivity contribution in [3.8, 4) is 11.5 Å². The summed E-state index contributed by atoms with van der Waals surface area (Å²) >= 11 is 7.42. The Morgan fingerprint density at radius 3 is 2.81 bits per heavy atom. The number of carbonyl (C=O) groups excluding carboxylic acids is 1. The maximum absolute atomic E-state index is 12.4. The number of amides is 1. The van der Waals surface area contributed by atoms with E-state index >= 15 is 0 Å². The first-order valence-corrected chi connectivity index (χ1v) is 9.04. The highest BCUT2D eigenvalue weighted by Crippen LogP contribution is 2.35. The van der Waals surface area contributed by atoms with Crippen LogP contribution in [-0.2, 0) is 0 Å². The lowest BCUT2D eigenvalue weighted by molar-refractivity contribution is 0.102. The zero-order chi connectivity index (χ0) is 18.1. The summed E-state index contributed by atoms with van der Waals surface area (Å²) in [4.78, 5) is 16.7. The third-order valence-electron chi connectivity index (χ3n) is 3.79. The van der Waals surface area contributed by atoms with Gasteiger partial charge in [0.25, 0.3) is 5.91 Å². The zero-order valence-electron chi connectivity index (χ0n) is 13.7. The van der Waals surface area contributed by atoms with Crippen LogP contribution >= 0.6 is 22.9 Å². The number of nitrogens with zero attached hydrogens (tertiary/aromatic N) is 1. The molecule has 2 N–H and O–H groups in total. The Hall–Kier alpha value is -2.77. The number of aromatic nitrogens is 1. The molecule has 4 rings (SSSR count). The first kappa shape index (κ1) is 16.7. The second-order valence-electron chi connectivity index (χ2n) is 5.65. The van der Waals surface area contributed by atoms with Crippen molar-refractivity contribution < 1.29 is 14.3 Å². The van der Waals surface area contributed by atoms with E-state index < -0.39 is 0 Å². The second kappa shape index (κ2) is 6.86. The van der Waals surface area contributed by atoms with E-state index in [0.717, 1.165) is 11.3 Å². The fraction of sp³-hybridized carbons (Fsp3) is 0.111. The largest absolute Gasteiger partial charge is 0.454 e. The van der Waals surface area contributed by atoms with E-state index in [1.807, 2.05) is 31.2 Å². The van der Waals surface area contributed by atoms with Gasteiger partial charge in [0.2, 0.25) is 6.79 Å². The molecule has 1 aliphatic rings. The highest BCUT2D eigenvalue weighted by Gasteiger charge is 2.15. The van der Waals surface area contributed by atoms with E-state index in [9.17, 15) is 4.79 Å². The van der Waals surface area contributed by atoms with Crippen molar-refractivity contribution in [1.29, 1.82) is 0 Å². The number of rotatable bonds is 4. The van der Waals surface area contributed by atoms with Crippen LogP contribution in [0.5, 0.6) is 11.5 Å². The molecule has 6 nitrogen and oxygen atoms in total. The summed E-state index contributed by atoms with van der Waals surface area (Å²) in [6, 6.07) is 10.9. The maximum atomic E-state index is 12.4. The van der Waals surface area contributed by atoms with Gasteiger partial charge in [-0.05, 0) is 36.8 Å². The Labute approximate surface area is 158 Å². The van der Waals surface area contributed by atoms with Crippen molar-refractivity contribution in [1.82, 2.24) is 4.98 Å². The molecular formula is C18H14ClN3O3S. The first-order chi connectivity index (χ1) is 12.6. The Bertz CT molecular complexity index is 990. The Morgan fingerprint density at radius 2 is 1.96 bits per heavy atom. The SMILES string of the molecule is Cc1ccc(NC(=O)c2csc(Nc3ccc4c(c3)OCO4)n2)cc1Cl. The van der Waals surface area contributed by atoms with Gasteiger partial charge in [0.15, 0.2) is 16.6 Å². The van der Waals surface area contributed by atoms with Crippen LogP contribution in [0.1, 0.15) is 16.1 Å². The average molecular weight is 388 g/mol. The minimum absolute atomic E-state index is 0.226. The van der Waals surface area contributed by atoms with Gasteiger partial charge in [0.1, 0.15) is 5.69 Å². The molecule has 1 aliphatic heterocycles. The van der Waals surface area contributed by atoms with E-state index in [2.05, 4.69) is 15.6 Å². The summed E-state index contributed by atoms with van der Waals surface area (Å²) in [6.07, 6.45) is 0. The molecule has 8 heteroatoms. The molecule has 2 aromatic carbocycles. The van der Waals surface area contributed by atoms with Crippen molar-refractivity contribution in [2.24, 2.45) is 0 Å². The highest BCUT2D eigenvalue weighted by atomic mass is 35.5. The summed E-state index contributed by atoms with van der Waals surface area (Å²) in [5, 5.41) is 8.86. The average Bonchev–Trinajstić information content (AvgIpc) is 3.27. The number of aryl methyl sites for hydroxylation is 1. The van der Waals surface area contributed by atoms with Gasteiger partial charge in [-0.25, -0.2) is 4.98 Å². The number of ether oxygens (including phenoxy) is 2. The van der Waals surface area contributed by atoms with Gasteiger partial charge in [-0.2, -0.15) is 0 Å². The fourth-order valence-corrected chi connectivity index (χ4v) is 3.29. The third-order valence-corrected chi connectivity index (χ3v) is 4.96. The van der Waals surface area contributed by atoms with Crippen LogP contribution in [0.3, 0.4) is 0 Å². The Balaban J connectivity index is 1.45. The smallest absolute Gasteiger partial charge is 0.275 e. The van der Waals surface area contributed by atoms with Crippen LogP contribution in [0, 0.1) is 6.92 Å². The standard InChI is InChI=1S/C18H14ClN3O3S/c1-10-2-3-11(6-13(10)19)20-17(23)14-8-26-18(22-14)21-12-4-5-15-16(7-12)25-9-24-15/h2-8H,9H2,1H3,(H,20,23)(H,21,22). The first-order valence-electron chi connectivity index (χ1n) is 7.78. The molecule has 0 fully saturated rings. The summed E-state index contributed by atoms with van der Waals surface area (Å²) in [7, 11) is 0. The van der Waals surface area contributed by atoms with Gasteiger partial charge in [0.05, 0.1) is 0 Å². The summed E-state index contributed by atoms with van der Waals surface area (Å²) in [6.45, 7) is 2.13. The Kier molecular flexibility index (Phi) is 4.40. The zero-order valence-corrected chi connectivity index (χ0v) is 15.3. The maximum Gasteiger partial charge on any atom is 0.275 e. The van der Waals surface area contributed by atoms with Crippen LogP contribution < -0.4 is 20.1 Å². The van der Waals surface area contributed by atoms with Gasteiger partial charge in [0, 0.05) is 27.8 Å². The van der Waals surface area contributed by atoms with Crippen molar-refractivity contribution in [3.63, 3.8) is 0 Å². The lowest BCUT2D eigenvalue weighted by atomic mass is 10.2. The Morgan fingerprint density at radius 1 is 1.15 bits per heavy atom. The number of nitrogens with one attached hydrogen (secondary N) is 2. The lowest BCUT2D eigenvalue weighted by Crippen LogP contribution is -2.12. The predicted octanol–water partition coefficient (Wildman–Crippen LogP) is 4.83. The van der Waals surface area contributed by atoms with Gasteiger partial charge in [-0.1, -0.05) is 17.7 Å². The monoisotopic (exact) mass is 387 g/mol. The minimum atomic E-state index is -0.292. The lowest BCUT2D eigenvalue weighted by Gasteiger charge is -2.05. The van der Waals surface area contributed by atoms with Gasteiger partial charge >= 0.3 is 0 Å². The molecule has 0 aliphatic carbocycles. The number of hydrogen-bond donors (Lipinski definition) is 2. The number of thiazole rings is 1. The molecule has 0 saturated carbocycles. The molecule has 0 atom stereocenters. The fourth-order valence-electron chi connectivity index (χ4n) is 2.40. The number of anilines is 3. The summed E-state index contributed by atoms with van der Waals surface area (Å²) in [5.41, 5.74) is 2.72. The van der Waals surface area contributed by atoms with E-state index in [1.54, 1.807) is 17.5 Å². The minimum Gasteiger partial charge on any atom is -0.454 e. The van der Waals surface area contributed by atoms with Crippen LogP contribution in [0.4, 0.5) is 16.5 Å². The summed E-state index contributed by atoms with van der Waals surface area (Å²) in [5.74, 6) is 1.10. The van der Waals surface area contributed by atoms with Crippen LogP contribution in [-0.4, -0.2) is 17.7 Å². The van der Waals surface area contributed by atoms with Crippen LogP contribution in [0.2, 0.25) is 5.02 Å². The number of carbonyl (C=O) groups is 1. The van der Waals surface area contributed by atoms with E-state index in [1.165, 1.54) is 11.3 Å². The number of benzene rings is 2. The van der Waals surface area contributed by atoms with Crippen LogP contribution in [0.25, 0.3) is 0 Å². The third kappa shape index (κ3) is 3.44.